The van der Waals surface area contributed by atoms with E-state index in [1.165, 1.54) is 25.7 Å². The van der Waals surface area contributed by atoms with Crippen molar-refractivity contribution in [2.24, 2.45) is 0 Å². The number of rotatable bonds is 12. The monoisotopic (exact) mass is 384 g/mol. The highest BCUT2D eigenvalue weighted by Gasteiger charge is 2.06. The minimum atomic E-state index is -0.512. The summed E-state index contributed by atoms with van der Waals surface area (Å²) in [6, 6.07) is 16.4. The molecular formula is C23H32N2O3. The van der Waals surface area contributed by atoms with Gasteiger partial charge in [-0.15, -0.1) is 0 Å². The van der Waals surface area contributed by atoms with Crippen LogP contribution in [0.1, 0.15) is 39.5 Å². The van der Waals surface area contributed by atoms with E-state index in [-0.39, 0.29) is 0 Å². The van der Waals surface area contributed by atoms with Crippen LogP contribution in [0.2, 0.25) is 0 Å². The van der Waals surface area contributed by atoms with Crippen molar-refractivity contribution in [1.29, 1.82) is 0 Å². The Morgan fingerprint density at radius 1 is 0.857 bits per heavy atom. The fraction of sp³-hybridized carbons (Fsp3) is 0.435. The first-order valence-electron chi connectivity index (χ1n) is 10.2. The zero-order chi connectivity index (χ0) is 20.0. The first kappa shape index (κ1) is 21.8. The molecule has 0 atom stereocenters. The van der Waals surface area contributed by atoms with Gasteiger partial charge < -0.3 is 9.47 Å². The number of amides is 1. The summed E-state index contributed by atoms with van der Waals surface area (Å²) in [7, 11) is 0. The molecular weight excluding hydrogens is 352 g/mol. The zero-order valence-electron chi connectivity index (χ0n) is 17.0. The summed E-state index contributed by atoms with van der Waals surface area (Å²) >= 11 is 0. The predicted octanol–water partition coefficient (Wildman–Crippen LogP) is 5.58. The molecule has 1 amide bonds. The molecule has 0 saturated heterocycles. The van der Waals surface area contributed by atoms with Gasteiger partial charge in [0.1, 0.15) is 18.1 Å². The van der Waals surface area contributed by atoms with E-state index in [2.05, 4.69) is 24.1 Å². The summed E-state index contributed by atoms with van der Waals surface area (Å²) in [4.78, 5) is 14.4. The summed E-state index contributed by atoms with van der Waals surface area (Å²) in [6.45, 7) is 8.28. The highest BCUT2D eigenvalue weighted by atomic mass is 16.6. The van der Waals surface area contributed by atoms with Crippen molar-refractivity contribution >= 4 is 11.8 Å². The smallest absolute Gasteiger partial charge is 0.417 e. The Kier molecular flexibility index (Phi) is 9.94. The molecule has 1 N–H and O–H groups in total. The molecule has 5 heteroatoms. The largest absolute Gasteiger partial charge is 0.492 e. The fourth-order valence-corrected chi connectivity index (χ4v) is 2.77. The summed E-state index contributed by atoms with van der Waals surface area (Å²) in [5.74, 6) is 1.26. The van der Waals surface area contributed by atoms with Gasteiger partial charge in [0.15, 0.2) is 0 Å². The van der Waals surface area contributed by atoms with Gasteiger partial charge in [0.05, 0.1) is 0 Å². The molecule has 0 spiro atoms. The molecule has 0 saturated carbocycles. The molecule has 152 valence electrons. The SMILES string of the molecule is CCCCN(CCCC)CCOc1ccc(OC(=O)Nc2ccccc2)cc1. The van der Waals surface area contributed by atoms with Crippen LogP contribution in [0.25, 0.3) is 0 Å². The molecule has 0 aliphatic rings. The topological polar surface area (TPSA) is 50.8 Å². The second kappa shape index (κ2) is 12.8. The highest BCUT2D eigenvalue weighted by Crippen LogP contribution is 2.18. The average molecular weight is 385 g/mol. The van der Waals surface area contributed by atoms with Gasteiger partial charge in [0.2, 0.25) is 0 Å². The highest BCUT2D eigenvalue weighted by molar-refractivity contribution is 5.86. The normalized spacial score (nSPS) is 10.7. The fourth-order valence-electron chi connectivity index (χ4n) is 2.77. The van der Waals surface area contributed by atoms with E-state index >= 15 is 0 Å². The van der Waals surface area contributed by atoms with Crippen LogP contribution in [0.5, 0.6) is 11.5 Å². The molecule has 0 aliphatic carbocycles. The van der Waals surface area contributed by atoms with Crippen molar-refractivity contribution in [3.8, 4) is 11.5 Å². The van der Waals surface area contributed by atoms with Gasteiger partial charge in [-0.05, 0) is 62.3 Å². The third-order valence-electron chi connectivity index (χ3n) is 4.39. The van der Waals surface area contributed by atoms with Crippen molar-refractivity contribution in [3.63, 3.8) is 0 Å². The third-order valence-corrected chi connectivity index (χ3v) is 4.39. The van der Waals surface area contributed by atoms with Crippen molar-refractivity contribution in [2.75, 3.05) is 31.6 Å². The lowest BCUT2D eigenvalue weighted by molar-refractivity contribution is 0.204. The maximum Gasteiger partial charge on any atom is 0.417 e. The van der Waals surface area contributed by atoms with Crippen LogP contribution < -0.4 is 14.8 Å². The average Bonchev–Trinajstić information content (AvgIpc) is 2.71. The molecule has 5 nitrogen and oxygen atoms in total. The van der Waals surface area contributed by atoms with E-state index in [1.54, 1.807) is 12.1 Å². The lowest BCUT2D eigenvalue weighted by Crippen LogP contribution is -2.30. The van der Waals surface area contributed by atoms with Gasteiger partial charge in [0, 0.05) is 12.2 Å². The van der Waals surface area contributed by atoms with Gasteiger partial charge in [-0.3, -0.25) is 10.2 Å². The Morgan fingerprint density at radius 3 is 2.07 bits per heavy atom. The second-order valence-corrected chi connectivity index (χ2v) is 6.75. The number of para-hydroxylation sites is 1. The molecule has 28 heavy (non-hydrogen) atoms. The van der Waals surface area contributed by atoms with Gasteiger partial charge in [-0.1, -0.05) is 44.9 Å². The number of carbonyl (C=O) groups is 1. The summed E-state index contributed by atoms with van der Waals surface area (Å²) in [5, 5.41) is 2.69. The standard InChI is InChI=1S/C23H32N2O3/c1-3-5-16-25(17-6-4-2)18-19-27-21-12-14-22(15-13-21)28-23(26)24-20-10-8-7-9-11-20/h7-15H,3-6,16-19H2,1-2H3,(H,24,26). The molecule has 2 aromatic rings. The third kappa shape index (κ3) is 8.44. The Labute approximate surface area is 168 Å². The van der Waals surface area contributed by atoms with Crippen molar-refractivity contribution < 1.29 is 14.3 Å². The number of nitrogens with one attached hydrogen (secondary N) is 1. The lowest BCUT2D eigenvalue weighted by Gasteiger charge is -2.22. The van der Waals surface area contributed by atoms with Gasteiger partial charge >= 0.3 is 6.09 Å². The number of carbonyl (C=O) groups excluding carboxylic acids is 1. The van der Waals surface area contributed by atoms with Crippen LogP contribution in [0.3, 0.4) is 0 Å². The summed E-state index contributed by atoms with van der Waals surface area (Å²) < 4.78 is 11.1. The minimum Gasteiger partial charge on any atom is -0.492 e. The maximum atomic E-state index is 11.9. The first-order chi connectivity index (χ1) is 13.7. The molecule has 0 aliphatic heterocycles. The van der Waals surface area contributed by atoms with Gasteiger partial charge in [-0.2, -0.15) is 0 Å². The van der Waals surface area contributed by atoms with Crippen LogP contribution in [-0.4, -0.2) is 37.2 Å². The van der Waals surface area contributed by atoms with Crippen LogP contribution in [-0.2, 0) is 0 Å². The van der Waals surface area contributed by atoms with Crippen molar-refractivity contribution in [1.82, 2.24) is 4.90 Å². The predicted molar refractivity (Wildman–Crippen MR) is 114 cm³/mol. The van der Waals surface area contributed by atoms with Crippen molar-refractivity contribution in [3.05, 3.63) is 54.6 Å². The molecule has 0 fully saturated rings. The van der Waals surface area contributed by atoms with E-state index in [1.807, 2.05) is 42.5 Å². The number of anilines is 1. The molecule has 2 rings (SSSR count). The van der Waals surface area contributed by atoms with Gasteiger partial charge in [0.25, 0.3) is 0 Å². The summed E-state index contributed by atoms with van der Waals surface area (Å²) in [5.41, 5.74) is 0.697. The first-order valence-corrected chi connectivity index (χ1v) is 10.2. The van der Waals surface area contributed by atoms with Crippen LogP contribution in [0.15, 0.2) is 54.6 Å². The number of nitrogens with zero attached hydrogens (tertiary/aromatic N) is 1. The maximum absolute atomic E-state index is 11.9. The molecule has 0 unspecified atom stereocenters. The second-order valence-electron chi connectivity index (χ2n) is 6.75. The van der Waals surface area contributed by atoms with E-state index in [4.69, 9.17) is 9.47 Å². The number of ether oxygens (including phenoxy) is 2. The van der Waals surface area contributed by atoms with Crippen LogP contribution in [0, 0.1) is 0 Å². The quantitative estimate of drug-likeness (QED) is 0.519. The Balaban J connectivity index is 1.74. The number of benzene rings is 2. The Bertz CT molecular complexity index is 666. The summed E-state index contributed by atoms with van der Waals surface area (Å²) in [6.07, 6.45) is 4.36. The van der Waals surface area contributed by atoms with Gasteiger partial charge in [-0.25, -0.2) is 4.79 Å². The van der Waals surface area contributed by atoms with E-state index in [9.17, 15) is 4.79 Å². The molecule has 0 bridgehead atoms. The Morgan fingerprint density at radius 2 is 1.46 bits per heavy atom. The molecule has 0 radical (unpaired) electrons. The Hall–Kier alpha value is -2.53. The lowest BCUT2D eigenvalue weighted by atomic mass is 10.2. The van der Waals surface area contributed by atoms with Crippen LogP contribution in [0.4, 0.5) is 10.5 Å². The van der Waals surface area contributed by atoms with E-state index in [0.29, 0.717) is 18.0 Å². The number of hydrogen-bond donors (Lipinski definition) is 1. The van der Waals surface area contributed by atoms with E-state index < -0.39 is 6.09 Å². The van der Waals surface area contributed by atoms with E-state index in [0.717, 1.165) is 25.4 Å². The zero-order valence-corrected chi connectivity index (χ0v) is 17.0. The molecule has 2 aromatic carbocycles. The van der Waals surface area contributed by atoms with Crippen molar-refractivity contribution in [2.45, 2.75) is 39.5 Å². The number of hydrogen-bond acceptors (Lipinski definition) is 4. The molecule has 0 heterocycles. The molecule has 0 aromatic heterocycles. The number of unbranched alkanes of at least 4 members (excludes halogenated alkanes) is 2. The minimum absolute atomic E-state index is 0.480. The van der Waals surface area contributed by atoms with Crippen LogP contribution >= 0.6 is 0 Å².